The van der Waals surface area contributed by atoms with Crippen LogP contribution in [0, 0.1) is 6.92 Å². The lowest BCUT2D eigenvalue weighted by Crippen LogP contribution is -2.46. The molecule has 1 saturated heterocycles. The van der Waals surface area contributed by atoms with Crippen LogP contribution in [0.15, 0.2) is 72.8 Å². The molecule has 0 aromatic heterocycles. The van der Waals surface area contributed by atoms with Gasteiger partial charge in [0.25, 0.3) is 11.8 Å². The quantitative estimate of drug-likeness (QED) is 0.510. The first kappa shape index (κ1) is 24.2. The smallest absolute Gasteiger partial charge is 0.253 e. The van der Waals surface area contributed by atoms with E-state index in [1.807, 2.05) is 30.9 Å². The number of benzene rings is 3. The first-order valence-electron chi connectivity index (χ1n) is 12.0. The summed E-state index contributed by atoms with van der Waals surface area (Å²) in [5.74, 6) is 0.280. The number of carbonyl (C=O) groups excluding carboxylic acids is 3. The van der Waals surface area contributed by atoms with Crippen LogP contribution in [0.2, 0.25) is 0 Å². The van der Waals surface area contributed by atoms with Gasteiger partial charge in [-0.15, -0.1) is 0 Å². The molecule has 0 atom stereocenters. The number of nitrogens with one attached hydrogen (secondary N) is 1. The molecule has 1 heterocycles. The fourth-order valence-corrected chi connectivity index (χ4v) is 4.27. The van der Waals surface area contributed by atoms with E-state index in [1.54, 1.807) is 60.7 Å². The molecular formula is C29H30N2O4. The molecule has 3 aromatic carbocycles. The van der Waals surface area contributed by atoms with Gasteiger partial charge in [-0.05, 0) is 57.0 Å². The van der Waals surface area contributed by atoms with E-state index in [1.165, 1.54) is 0 Å². The predicted octanol–water partition coefficient (Wildman–Crippen LogP) is 4.66. The second-order valence-electron chi connectivity index (χ2n) is 8.74. The average Bonchev–Trinajstić information content (AvgIpc) is 2.89. The molecule has 2 amide bonds. The molecule has 0 radical (unpaired) electrons. The van der Waals surface area contributed by atoms with Crippen molar-refractivity contribution in [3.63, 3.8) is 0 Å². The Morgan fingerprint density at radius 3 is 2.09 bits per heavy atom. The average molecular weight is 471 g/mol. The molecule has 1 aliphatic rings. The minimum Gasteiger partial charge on any atom is -0.494 e. The van der Waals surface area contributed by atoms with Crippen LogP contribution in [0.4, 0.5) is 0 Å². The lowest BCUT2D eigenvalue weighted by Gasteiger charge is -2.32. The van der Waals surface area contributed by atoms with Crippen molar-refractivity contribution in [1.29, 1.82) is 0 Å². The van der Waals surface area contributed by atoms with Crippen LogP contribution in [0.3, 0.4) is 0 Å². The molecule has 35 heavy (non-hydrogen) atoms. The van der Waals surface area contributed by atoms with Crippen LogP contribution in [-0.2, 0) is 0 Å². The number of ketones is 1. The minimum absolute atomic E-state index is 0.0214. The number of hydrogen-bond donors (Lipinski definition) is 1. The Balaban J connectivity index is 1.37. The number of carbonyl (C=O) groups is 3. The number of nitrogens with zero attached hydrogens (tertiary/aromatic N) is 1. The standard InChI is InChI=1S/C29H30N2O4/c1-3-35-24-14-12-22(13-15-24)29(34)31-18-16-23(17-19-31)30-28(33)26-7-5-4-6-25(26)27(32)21-10-8-20(2)9-11-21/h4-15,23H,3,16-19H2,1-2H3,(H,30,33). The van der Waals surface area contributed by atoms with Crippen molar-refractivity contribution >= 4 is 17.6 Å². The molecule has 0 bridgehead atoms. The van der Waals surface area contributed by atoms with Crippen LogP contribution in [0.25, 0.3) is 0 Å². The number of aryl methyl sites for hydroxylation is 1. The molecule has 0 unspecified atom stereocenters. The van der Waals surface area contributed by atoms with E-state index in [0.29, 0.717) is 54.8 Å². The first-order valence-corrected chi connectivity index (χ1v) is 12.0. The third-order valence-corrected chi connectivity index (χ3v) is 6.26. The van der Waals surface area contributed by atoms with Gasteiger partial charge in [0, 0.05) is 35.8 Å². The van der Waals surface area contributed by atoms with Crippen LogP contribution in [0.5, 0.6) is 5.75 Å². The summed E-state index contributed by atoms with van der Waals surface area (Å²) in [6, 6.07) is 21.3. The van der Waals surface area contributed by atoms with Crippen molar-refractivity contribution in [2.45, 2.75) is 32.7 Å². The van der Waals surface area contributed by atoms with Gasteiger partial charge in [-0.2, -0.15) is 0 Å². The Hall–Kier alpha value is -3.93. The molecule has 0 spiro atoms. The Morgan fingerprint density at radius 1 is 0.857 bits per heavy atom. The van der Waals surface area contributed by atoms with E-state index in [0.717, 1.165) is 11.3 Å². The van der Waals surface area contributed by atoms with Gasteiger partial charge in [0.05, 0.1) is 12.2 Å². The lowest BCUT2D eigenvalue weighted by molar-refractivity contribution is 0.0697. The number of likely N-dealkylation sites (tertiary alicyclic amines) is 1. The highest BCUT2D eigenvalue weighted by atomic mass is 16.5. The molecule has 3 aromatic rings. The zero-order valence-corrected chi connectivity index (χ0v) is 20.1. The van der Waals surface area contributed by atoms with Crippen LogP contribution in [-0.4, -0.2) is 48.2 Å². The monoisotopic (exact) mass is 470 g/mol. The normalized spacial score (nSPS) is 13.8. The van der Waals surface area contributed by atoms with Crippen molar-refractivity contribution in [2.75, 3.05) is 19.7 Å². The highest BCUT2D eigenvalue weighted by Gasteiger charge is 2.26. The summed E-state index contributed by atoms with van der Waals surface area (Å²) < 4.78 is 5.44. The minimum atomic E-state index is -0.266. The van der Waals surface area contributed by atoms with Gasteiger partial charge in [-0.1, -0.05) is 48.0 Å². The maximum atomic E-state index is 13.1. The summed E-state index contributed by atoms with van der Waals surface area (Å²) in [5, 5.41) is 3.07. The van der Waals surface area contributed by atoms with E-state index in [-0.39, 0.29) is 23.6 Å². The van der Waals surface area contributed by atoms with Gasteiger partial charge >= 0.3 is 0 Å². The van der Waals surface area contributed by atoms with Crippen molar-refractivity contribution in [3.8, 4) is 5.75 Å². The fourth-order valence-electron chi connectivity index (χ4n) is 4.27. The largest absolute Gasteiger partial charge is 0.494 e. The second-order valence-corrected chi connectivity index (χ2v) is 8.74. The zero-order chi connectivity index (χ0) is 24.8. The van der Waals surface area contributed by atoms with Crippen LogP contribution in [0.1, 0.15) is 62.0 Å². The van der Waals surface area contributed by atoms with Crippen molar-refractivity contribution in [1.82, 2.24) is 10.2 Å². The van der Waals surface area contributed by atoms with Gasteiger partial charge in [0.1, 0.15) is 5.75 Å². The molecule has 0 saturated carbocycles. The number of hydrogen-bond acceptors (Lipinski definition) is 4. The molecule has 1 fully saturated rings. The van der Waals surface area contributed by atoms with E-state index in [2.05, 4.69) is 5.32 Å². The van der Waals surface area contributed by atoms with Crippen LogP contribution < -0.4 is 10.1 Å². The van der Waals surface area contributed by atoms with Crippen molar-refractivity contribution < 1.29 is 19.1 Å². The summed E-state index contributed by atoms with van der Waals surface area (Å²) in [6.07, 6.45) is 1.31. The molecule has 180 valence electrons. The van der Waals surface area contributed by atoms with E-state index >= 15 is 0 Å². The lowest BCUT2D eigenvalue weighted by atomic mass is 9.96. The summed E-state index contributed by atoms with van der Waals surface area (Å²) in [5.41, 5.74) is 3.00. The molecule has 1 N–H and O–H groups in total. The SMILES string of the molecule is CCOc1ccc(C(=O)N2CCC(NC(=O)c3ccccc3C(=O)c3ccc(C)cc3)CC2)cc1. The number of rotatable bonds is 7. The highest BCUT2D eigenvalue weighted by Crippen LogP contribution is 2.19. The number of piperidine rings is 1. The van der Waals surface area contributed by atoms with Gasteiger partial charge in [-0.25, -0.2) is 0 Å². The van der Waals surface area contributed by atoms with Gasteiger partial charge in [0.2, 0.25) is 0 Å². The highest BCUT2D eigenvalue weighted by molar-refractivity contribution is 6.15. The topological polar surface area (TPSA) is 75.7 Å². The first-order chi connectivity index (χ1) is 17.0. The molecule has 0 aliphatic carbocycles. The number of ether oxygens (including phenoxy) is 1. The molecular weight excluding hydrogens is 440 g/mol. The third-order valence-electron chi connectivity index (χ3n) is 6.26. The Kier molecular flexibility index (Phi) is 7.60. The predicted molar refractivity (Wildman–Crippen MR) is 135 cm³/mol. The third kappa shape index (κ3) is 5.77. The second kappa shape index (κ2) is 11.0. The summed E-state index contributed by atoms with van der Waals surface area (Å²) in [6.45, 7) is 5.58. The molecule has 1 aliphatic heterocycles. The van der Waals surface area contributed by atoms with Gasteiger partial charge < -0.3 is 15.0 Å². The summed E-state index contributed by atoms with van der Waals surface area (Å²) in [7, 11) is 0. The van der Waals surface area contributed by atoms with Gasteiger partial charge in [0.15, 0.2) is 5.78 Å². The summed E-state index contributed by atoms with van der Waals surface area (Å²) >= 11 is 0. The number of amides is 2. The molecule has 4 rings (SSSR count). The Bertz CT molecular complexity index is 1190. The van der Waals surface area contributed by atoms with Gasteiger partial charge in [-0.3, -0.25) is 14.4 Å². The maximum Gasteiger partial charge on any atom is 0.253 e. The summed E-state index contributed by atoms with van der Waals surface area (Å²) in [4.78, 5) is 40.8. The Morgan fingerprint density at radius 2 is 1.46 bits per heavy atom. The molecule has 6 nitrogen and oxygen atoms in total. The van der Waals surface area contributed by atoms with Crippen molar-refractivity contribution in [2.24, 2.45) is 0 Å². The Labute approximate surface area is 205 Å². The maximum absolute atomic E-state index is 13.1. The van der Waals surface area contributed by atoms with E-state index in [9.17, 15) is 14.4 Å². The van der Waals surface area contributed by atoms with Crippen molar-refractivity contribution in [3.05, 3.63) is 101 Å². The fraction of sp³-hybridized carbons (Fsp3) is 0.276. The molecule has 6 heteroatoms. The van der Waals surface area contributed by atoms with E-state index < -0.39 is 0 Å². The van der Waals surface area contributed by atoms with Crippen LogP contribution >= 0.6 is 0 Å². The van der Waals surface area contributed by atoms with E-state index in [4.69, 9.17) is 4.74 Å². The zero-order valence-electron chi connectivity index (χ0n) is 20.1.